The van der Waals surface area contributed by atoms with Gasteiger partial charge in [-0.05, 0) is 42.2 Å². The molecule has 0 bridgehead atoms. The van der Waals surface area contributed by atoms with Crippen LogP contribution in [0.4, 0.5) is 0 Å². The third-order valence-electron chi connectivity index (χ3n) is 5.53. The van der Waals surface area contributed by atoms with E-state index in [0.717, 1.165) is 5.56 Å². The van der Waals surface area contributed by atoms with Crippen LogP contribution in [0, 0.1) is 5.92 Å². The second-order valence-electron chi connectivity index (χ2n) is 8.60. The molecule has 0 spiro atoms. The molecule has 8 heteroatoms. The first kappa shape index (κ1) is 24.3. The largest absolute Gasteiger partial charge is 0.465 e. The van der Waals surface area contributed by atoms with Gasteiger partial charge >= 0.3 is 11.9 Å². The van der Waals surface area contributed by atoms with Crippen molar-refractivity contribution in [2.75, 3.05) is 13.7 Å². The summed E-state index contributed by atoms with van der Waals surface area (Å²) in [6, 6.07) is 15.5. The van der Waals surface area contributed by atoms with Crippen molar-refractivity contribution in [2.45, 2.75) is 26.8 Å². The van der Waals surface area contributed by atoms with Crippen LogP contribution in [0.5, 0.6) is 0 Å². The molecule has 35 heavy (non-hydrogen) atoms. The van der Waals surface area contributed by atoms with Gasteiger partial charge in [0.15, 0.2) is 4.80 Å². The van der Waals surface area contributed by atoms with E-state index in [1.807, 2.05) is 50.3 Å². The van der Waals surface area contributed by atoms with Crippen molar-refractivity contribution >= 4 is 29.4 Å². The van der Waals surface area contributed by atoms with Crippen LogP contribution in [0.25, 0.3) is 6.08 Å². The number of hydrogen-bond donors (Lipinski definition) is 0. The second kappa shape index (κ2) is 10.2. The molecule has 3 aromatic rings. The zero-order chi connectivity index (χ0) is 25.1. The number of thiazole rings is 1. The van der Waals surface area contributed by atoms with E-state index in [2.05, 4.69) is 4.99 Å². The topological polar surface area (TPSA) is 87.0 Å². The Balaban J connectivity index is 1.89. The summed E-state index contributed by atoms with van der Waals surface area (Å²) < 4.78 is 12.4. The molecule has 1 atom stereocenters. The molecule has 2 aromatic carbocycles. The van der Waals surface area contributed by atoms with E-state index in [1.54, 1.807) is 31.2 Å². The van der Waals surface area contributed by atoms with Gasteiger partial charge in [0.25, 0.3) is 5.56 Å². The number of rotatable bonds is 6. The molecule has 0 fully saturated rings. The molecule has 0 saturated carbocycles. The quantitative estimate of drug-likeness (QED) is 0.495. The van der Waals surface area contributed by atoms with E-state index >= 15 is 0 Å². The van der Waals surface area contributed by atoms with Crippen LogP contribution < -0.4 is 14.9 Å². The van der Waals surface area contributed by atoms with Crippen molar-refractivity contribution in [2.24, 2.45) is 10.9 Å². The summed E-state index contributed by atoms with van der Waals surface area (Å²) in [6.07, 6.45) is 1.82. The summed E-state index contributed by atoms with van der Waals surface area (Å²) in [5.74, 6) is -0.823. The molecule has 1 aromatic heterocycles. The summed E-state index contributed by atoms with van der Waals surface area (Å²) >= 11 is 1.27. The highest BCUT2D eigenvalue weighted by Gasteiger charge is 2.33. The van der Waals surface area contributed by atoms with Gasteiger partial charge in [0.05, 0.1) is 41.1 Å². The van der Waals surface area contributed by atoms with Crippen molar-refractivity contribution in [3.63, 3.8) is 0 Å². The Hall–Kier alpha value is -3.78. The minimum Gasteiger partial charge on any atom is -0.465 e. The molecule has 1 unspecified atom stereocenters. The number of ether oxygens (including phenoxy) is 2. The van der Waals surface area contributed by atoms with Gasteiger partial charge < -0.3 is 9.47 Å². The van der Waals surface area contributed by atoms with Gasteiger partial charge in [-0.1, -0.05) is 67.6 Å². The summed E-state index contributed by atoms with van der Waals surface area (Å²) in [6.45, 7) is 5.91. The number of nitrogens with zero attached hydrogens (tertiary/aromatic N) is 2. The Morgan fingerprint density at radius 2 is 1.77 bits per heavy atom. The standard InChI is InChI=1S/C27H26N2O5S/c1-16(2)15-34-26(32)22-17(3)28-27-29(23(22)19-10-12-20(13-11-19)25(31)33-4)24(30)21(35-27)14-18-8-6-5-7-9-18/h5-14,16,23H,15H2,1-4H3. The molecule has 0 N–H and O–H groups in total. The number of aromatic nitrogens is 1. The molecule has 0 radical (unpaired) electrons. The van der Waals surface area contributed by atoms with Gasteiger partial charge in [-0.15, -0.1) is 0 Å². The maximum atomic E-state index is 13.6. The third kappa shape index (κ3) is 5.02. The molecular formula is C27H26N2O5S. The molecule has 7 nitrogen and oxygen atoms in total. The third-order valence-corrected chi connectivity index (χ3v) is 6.52. The maximum absolute atomic E-state index is 13.6. The first-order chi connectivity index (χ1) is 16.8. The van der Waals surface area contributed by atoms with Gasteiger partial charge in [-0.25, -0.2) is 14.6 Å². The number of carbonyl (C=O) groups is 2. The van der Waals surface area contributed by atoms with Crippen molar-refractivity contribution in [1.29, 1.82) is 0 Å². The number of allylic oxidation sites excluding steroid dienone is 1. The SMILES string of the molecule is COC(=O)c1ccc(C2C(C(=O)OCC(C)C)=C(C)N=c3sc(=Cc4ccccc4)c(=O)n32)cc1. The summed E-state index contributed by atoms with van der Waals surface area (Å²) in [4.78, 5) is 43.8. The highest BCUT2D eigenvalue weighted by molar-refractivity contribution is 7.07. The van der Waals surface area contributed by atoms with Gasteiger partial charge in [0, 0.05) is 0 Å². The zero-order valence-corrected chi connectivity index (χ0v) is 20.8. The Morgan fingerprint density at radius 1 is 1.09 bits per heavy atom. The molecular weight excluding hydrogens is 464 g/mol. The van der Waals surface area contributed by atoms with Crippen LogP contribution in [0.2, 0.25) is 0 Å². The normalized spacial score (nSPS) is 15.6. The van der Waals surface area contributed by atoms with Crippen molar-refractivity contribution in [3.05, 3.63) is 102 Å². The molecule has 4 rings (SSSR count). The lowest BCUT2D eigenvalue weighted by atomic mass is 9.95. The van der Waals surface area contributed by atoms with Crippen LogP contribution in [-0.4, -0.2) is 30.2 Å². The minimum absolute atomic E-state index is 0.157. The lowest BCUT2D eigenvalue weighted by Gasteiger charge is -2.25. The van der Waals surface area contributed by atoms with Gasteiger partial charge in [-0.3, -0.25) is 9.36 Å². The smallest absolute Gasteiger partial charge is 0.338 e. The fourth-order valence-corrected chi connectivity index (χ4v) is 4.88. The monoisotopic (exact) mass is 490 g/mol. The number of methoxy groups -OCH3 is 1. The number of carbonyl (C=O) groups excluding carboxylic acids is 2. The number of benzene rings is 2. The van der Waals surface area contributed by atoms with Crippen molar-refractivity contribution in [1.82, 2.24) is 4.57 Å². The van der Waals surface area contributed by atoms with E-state index in [1.165, 1.54) is 23.0 Å². The van der Waals surface area contributed by atoms with Crippen LogP contribution in [0.1, 0.15) is 48.3 Å². The van der Waals surface area contributed by atoms with Gasteiger partial charge in [0.2, 0.25) is 0 Å². The lowest BCUT2D eigenvalue weighted by Crippen LogP contribution is -2.40. The van der Waals surface area contributed by atoms with Gasteiger partial charge in [0.1, 0.15) is 0 Å². The Labute approximate surface area is 206 Å². The number of esters is 2. The molecule has 180 valence electrons. The average molecular weight is 491 g/mol. The van der Waals surface area contributed by atoms with E-state index in [0.29, 0.717) is 31.7 Å². The van der Waals surface area contributed by atoms with Gasteiger partial charge in [-0.2, -0.15) is 0 Å². The highest BCUT2D eigenvalue weighted by Crippen LogP contribution is 2.31. The zero-order valence-electron chi connectivity index (χ0n) is 20.0. The maximum Gasteiger partial charge on any atom is 0.338 e. The first-order valence-corrected chi connectivity index (χ1v) is 12.0. The summed E-state index contributed by atoms with van der Waals surface area (Å²) in [5.41, 5.74) is 2.47. The first-order valence-electron chi connectivity index (χ1n) is 11.2. The molecule has 2 heterocycles. The van der Waals surface area contributed by atoms with Crippen LogP contribution in [-0.2, 0) is 14.3 Å². The predicted octanol–water partition coefficient (Wildman–Crippen LogP) is 3.22. The van der Waals surface area contributed by atoms with E-state index in [9.17, 15) is 14.4 Å². The van der Waals surface area contributed by atoms with Crippen molar-refractivity contribution < 1.29 is 19.1 Å². The Bertz CT molecular complexity index is 1460. The number of hydrogen-bond acceptors (Lipinski definition) is 7. The Kier molecular flexibility index (Phi) is 7.12. The van der Waals surface area contributed by atoms with Crippen LogP contribution >= 0.6 is 11.3 Å². The molecule has 1 aliphatic heterocycles. The van der Waals surface area contributed by atoms with Crippen LogP contribution in [0.15, 0.2) is 75.7 Å². The van der Waals surface area contributed by atoms with E-state index in [-0.39, 0.29) is 18.1 Å². The predicted molar refractivity (Wildman–Crippen MR) is 134 cm³/mol. The van der Waals surface area contributed by atoms with Crippen molar-refractivity contribution in [3.8, 4) is 0 Å². The van der Waals surface area contributed by atoms with E-state index in [4.69, 9.17) is 9.47 Å². The molecule has 0 aliphatic carbocycles. The van der Waals surface area contributed by atoms with Crippen LogP contribution in [0.3, 0.4) is 0 Å². The summed E-state index contributed by atoms with van der Waals surface area (Å²) in [7, 11) is 1.32. The fourth-order valence-electron chi connectivity index (χ4n) is 3.84. The van der Waals surface area contributed by atoms with E-state index < -0.39 is 18.0 Å². The fraction of sp³-hybridized carbons (Fsp3) is 0.259. The minimum atomic E-state index is -0.740. The molecule has 1 aliphatic rings. The Morgan fingerprint density at radius 3 is 2.40 bits per heavy atom. The number of fused-ring (bicyclic) bond motifs is 1. The molecule has 0 saturated heterocycles. The lowest BCUT2D eigenvalue weighted by molar-refractivity contribution is -0.140. The summed E-state index contributed by atoms with van der Waals surface area (Å²) in [5, 5.41) is 0. The average Bonchev–Trinajstić information content (AvgIpc) is 3.16. The highest BCUT2D eigenvalue weighted by atomic mass is 32.1. The molecule has 0 amide bonds. The second-order valence-corrected chi connectivity index (χ2v) is 9.61.